The summed E-state index contributed by atoms with van der Waals surface area (Å²) in [5.41, 5.74) is 12.6. The number of aryl methyl sites for hydroxylation is 1. The number of benzene rings is 1. The number of rotatable bonds is 5. The number of carbonyl (C=O) groups is 1. The second-order valence-electron chi connectivity index (χ2n) is 5.13. The van der Waals surface area contributed by atoms with Gasteiger partial charge in [0.05, 0.1) is 0 Å². The Balaban J connectivity index is 2.00. The Bertz CT molecular complexity index is 940. The van der Waals surface area contributed by atoms with Crippen LogP contribution in [0.5, 0.6) is 11.6 Å². The normalized spacial score (nSPS) is 10.6. The number of para-hydroxylation sites is 1. The van der Waals surface area contributed by atoms with Crippen LogP contribution in [0.4, 0.5) is 5.82 Å². The topological polar surface area (TPSA) is 122 Å². The van der Waals surface area contributed by atoms with Gasteiger partial charge in [-0.25, -0.2) is 9.97 Å². The molecule has 8 nitrogen and oxygen atoms in total. The predicted octanol–water partition coefficient (Wildman–Crippen LogP) is 2.17. The van der Waals surface area contributed by atoms with Crippen LogP contribution < -0.4 is 16.2 Å². The number of hydrogen-bond donors (Lipinski definition) is 2. The fourth-order valence-corrected chi connectivity index (χ4v) is 2.82. The van der Waals surface area contributed by atoms with Crippen molar-refractivity contribution in [1.29, 1.82) is 0 Å². The van der Waals surface area contributed by atoms with Crippen molar-refractivity contribution in [2.45, 2.75) is 11.9 Å². The summed E-state index contributed by atoms with van der Waals surface area (Å²) in [5, 5.41) is 4.73. The van der Waals surface area contributed by atoms with Crippen molar-refractivity contribution in [1.82, 2.24) is 19.7 Å². The number of ether oxygens (including phenoxy) is 1. The second-order valence-corrected chi connectivity index (χ2v) is 5.92. The minimum atomic E-state index is -0.640. The number of carbonyl (C=O) groups excluding carboxylic acids is 1. The summed E-state index contributed by atoms with van der Waals surface area (Å²) in [6.07, 6.45) is 3.12. The summed E-state index contributed by atoms with van der Waals surface area (Å²) in [6.45, 7) is 1.94. The number of thioether (sulfide) groups is 1. The molecule has 0 unspecified atom stereocenters. The Hall–Kier alpha value is -3.07. The molecule has 3 rings (SSSR count). The summed E-state index contributed by atoms with van der Waals surface area (Å²) in [6, 6.07) is 9.17. The van der Waals surface area contributed by atoms with Crippen molar-refractivity contribution in [2.75, 3.05) is 12.0 Å². The Morgan fingerprint density at radius 3 is 2.68 bits per heavy atom. The summed E-state index contributed by atoms with van der Waals surface area (Å²) < 4.78 is 7.14. The lowest BCUT2D eigenvalue weighted by Crippen LogP contribution is -2.14. The number of nitrogens with two attached hydrogens (primary N) is 2. The average molecular weight is 356 g/mol. The average Bonchev–Trinajstić information content (AvgIpc) is 2.94. The first kappa shape index (κ1) is 16.8. The quantitative estimate of drug-likeness (QED) is 0.672. The number of nitrogens with zero attached hydrogens (tertiary/aromatic N) is 4. The fourth-order valence-electron chi connectivity index (χ4n) is 2.24. The van der Waals surface area contributed by atoms with Crippen LogP contribution in [0.2, 0.25) is 0 Å². The molecule has 0 saturated carbocycles. The van der Waals surface area contributed by atoms with Crippen LogP contribution in [0, 0.1) is 6.92 Å². The molecular weight excluding hydrogens is 340 g/mol. The molecule has 2 aromatic heterocycles. The third-order valence-corrected chi connectivity index (χ3v) is 4.15. The molecule has 0 bridgehead atoms. The Labute approximate surface area is 148 Å². The van der Waals surface area contributed by atoms with Crippen LogP contribution in [0.1, 0.15) is 15.9 Å². The number of primary amides is 1. The molecule has 2 heterocycles. The number of amides is 1. The van der Waals surface area contributed by atoms with E-state index in [9.17, 15) is 4.79 Å². The maximum atomic E-state index is 11.6. The summed E-state index contributed by atoms with van der Waals surface area (Å²) >= 11 is 1.27. The largest absolute Gasteiger partial charge is 0.439 e. The van der Waals surface area contributed by atoms with E-state index in [1.54, 1.807) is 12.3 Å². The smallest absolute Gasteiger partial charge is 0.255 e. The van der Waals surface area contributed by atoms with Gasteiger partial charge in [0.2, 0.25) is 5.88 Å². The highest BCUT2D eigenvalue weighted by atomic mass is 32.2. The van der Waals surface area contributed by atoms with E-state index in [4.69, 9.17) is 16.2 Å². The van der Waals surface area contributed by atoms with Gasteiger partial charge in [-0.2, -0.15) is 9.78 Å². The monoisotopic (exact) mass is 356 g/mol. The highest BCUT2D eigenvalue weighted by molar-refractivity contribution is 7.98. The molecule has 0 fully saturated rings. The van der Waals surface area contributed by atoms with E-state index in [0.717, 1.165) is 5.56 Å². The van der Waals surface area contributed by atoms with E-state index in [1.807, 2.05) is 31.2 Å². The minimum Gasteiger partial charge on any atom is -0.439 e. The van der Waals surface area contributed by atoms with Crippen molar-refractivity contribution in [3.05, 3.63) is 47.8 Å². The fraction of sp³-hybridized carbons (Fsp3) is 0.125. The van der Waals surface area contributed by atoms with Gasteiger partial charge in [0, 0.05) is 6.07 Å². The lowest BCUT2D eigenvalue weighted by molar-refractivity contribution is 0.0998. The zero-order chi connectivity index (χ0) is 18.0. The van der Waals surface area contributed by atoms with Crippen LogP contribution in [0.25, 0.3) is 5.82 Å². The van der Waals surface area contributed by atoms with E-state index in [0.29, 0.717) is 22.5 Å². The van der Waals surface area contributed by atoms with E-state index < -0.39 is 5.91 Å². The number of nitrogen functional groups attached to an aromatic ring is 1. The maximum Gasteiger partial charge on any atom is 0.255 e. The third-order valence-electron chi connectivity index (χ3n) is 3.48. The second kappa shape index (κ2) is 6.81. The highest BCUT2D eigenvalue weighted by Crippen LogP contribution is 2.28. The molecule has 0 aliphatic rings. The van der Waals surface area contributed by atoms with Gasteiger partial charge < -0.3 is 16.2 Å². The zero-order valence-corrected chi connectivity index (χ0v) is 14.4. The molecule has 0 radical (unpaired) electrons. The Morgan fingerprint density at radius 2 is 2.04 bits per heavy atom. The van der Waals surface area contributed by atoms with Gasteiger partial charge in [0.25, 0.3) is 5.91 Å². The van der Waals surface area contributed by atoms with Gasteiger partial charge in [-0.1, -0.05) is 18.2 Å². The van der Waals surface area contributed by atoms with Crippen LogP contribution in [0.15, 0.2) is 41.7 Å². The SMILES string of the molecule is CSc1nn(-c2cc(Oc3ccccc3C)ncn2)c(N)c1C(N)=O. The van der Waals surface area contributed by atoms with E-state index in [2.05, 4.69) is 15.1 Å². The van der Waals surface area contributed by atoms with Gasteiger partial charge in [0.15, 0.2) is 5.82 Å². The van der Waals surface area contributed by atoms with Crippen molar-refractivity contribution in [3.8, 4) is 17.4 Å². The maximum absolute atomic E-state index is 11.6. The molecule has 128 valence electrons. The van der Waals surface area contributed by atoms with Gasteiger partial charge in [-0.05, 0) is 24.8 Å². The third kappa shape index (κ3) is 3.26. The molecule has 0 aliphatic carbocycles. The first-order valence-corrected chi connectivity index (χ1v) is 8.52. The standard InChI is InChI=1S/C16H16N6O2S/c1-9-5-3-4-6-10(9)24-12-7-11(19-8-20-12)22-14(17)13(15(18)23)16(21-22)25-2/h3-8H,17H2,1-2H3,(H2,18,23). The van der Waals surface area contributed by atoms with E-state index in [1.165, 1.54) is 22.8 Å². The van der Waals surface area contributed by atoms with Gasteiger partial charge >= 0.3 is 0 Å². The first-order valence-electron chi connectivity index (χ1n) is 7.29. The Morgan fingerprint density at radius 1 is 1.28 bits per heavy atom. The van der Waals surface area contributed by atoms with Crippen molar-refractivity contribution >= 4 is 23.5 Å². The molecule has 1 aromatic carbocycles. The molecule has 0 spiro atoms. The summed E-state index contributed by atoms with van der Waals surface area (Å²) in [4.78, 5) is 19.9. The van der Waals surface area contributed by atoms with Gasteiger partial charge in [-0.15, -0.1) is 11.8 Å². The summed E-state index contributed by atoms with van der Waals surface area (Å²) in [5.74, 6) is 0.874. The molecule has 9 heteroatoms. The molecular formula is C16H16N6O2S. The highest BCUT2D eigenvalue weighted by Gasteiger charge is 2.21. The van der Waals surface area contributed by atoms with Crippen LogP contribution >= 0.6 is 11.8 Å². The van der Waals surface area contributed by atoms with E-state index in [-0.39, 0.29) is 11.4 Å². The molecule has 25 heavy (non-hydrogen) atoms. The Kier molecular flexibility index (Phi) is 4.57. The molecule has 4 N–H and O–H groups in total. The van der Waals surface area contributed by atoms with Crippen molar-refractivity contribution < 1.29 is 9.53 Å². The van der Waals surface area contributed by atoms with Crippen LogP contribution in [0.3, 0.4) is 0 Å². The van der Waals surface area contributed by atoms with Gasteiger partial charge in [-0.3, -0.25) is 4.79 Å². The molecule has 0 atom stereocenters. The minimum absolute atomic E-state index is 0.123. The predicted molar refractivity (Wildman–Crippen MR) is 95.1 cm³/mol. The molecule has 3 aromatic rings. The summed E-state index contributed by atoms with van der Waals surface area (Å²) in [7, 11) is 0. The van der Waals surface area contributed by atoms with E-state index >= 15 is 0 Å². The molecule has 0 aliphatic heterocycles. The first-order chi connectivity index (χ1) is 12.0. The van der Waals surface area contributed by atoms with Crippen LogP contribution in [-0.4, -0.2) is 31.9 Å². The molecule has 1 amide bonds. The lowest BCUT2D eigenvalue weighted by atomic mass is 10.2. The zero-order valence-electron chi connectivity index (χ0n) is 13.6. The number of aromatic nitrogens is 4. The number of hydrogen-bond acceptors (Lipinski definition) is 7. The lowest BCUT2D eigenvalue weighted by Gasteiger charge is -2.08. The van der Waals surface area contributed by atoms with Gasteiger partial charge in [0.1, 0.15) is 28.5 Å². The number of anilines is 1. The van der Waals surface area contributed by atoms with Crippen molar-refractivity contribution in [2.24, 2.45) is 5.73 Å². The molecule has 0 saturated heterocycles. The van der Waals surface area contributed by atoms with Crippen molar-refractivity contribution in [3.63, 3.8) is 0 Å². The van der Waals surface area contributed by atoms with Crippen LogP contribution in [-0.2, 0) is 0 Å².